The number of aryl methyl sites for hydroxylation is 1. The van der Waals surface area contributed by atoms with Crippen LogP contribution in [0.5, 0.6) is 0 Å². The first kappa shape index (κ1) is 13.6. The molecule has 0 aliphatic rings. The lowest BCUT2D eigenvalue weighted by Gasteiger charge is -2.17. The molecule has 0 saturated heterocycles. The molecule has 1 heterocycles. The molecule has 0 aliphatic carbocycles. The van der Waals surface area contributed by atoms with E-state index in [1.807, 2.05) is 19.1 Å². The zero-order valence-electron chi connectivity index (χ0n) is 10.3. The molecule has 1 atom stereocenters. The fourth-order valence-electron chi connectivity index (χ4n) is 1.80. The predicted octanol–water partition coefficient (Wildman–Crippen LogP) is 3.50. The summed E-state index contributed by atoms with van der Waals surface area (Å²) in [5, 5.41) is 6.34. The second-order valence-electron chi connectivity index (χ2n) is 4.26. The zero-order valence-corrected chi connectivity index (χ0v) is 11.9. The first-order chi connectivity index (χ1) is 8.70. The molecule has 2 aromatic rings. The summed E-state index contributed by atoms with van der Waals surface area (Å²) in [5.41, 5.74) is 8.07. The minimum Gasteiger partial charge on any atom is -0.329 e. The maximum Gasteiger partial charge on any atom is 0.0447 e. The molecule has 2 rings (SSSR count). The van der Waals surface area contributed by atoms with Crippen LogP contribution in [0.15, 0.2) is 35.7 Å². The molecule has 2 nitrogen and oxygen atoms in total. The maximum atomic E-state index is 6.15. The van der Waals surface area contributed by atoms with Crippen LogP contribution in [0.2, 0.25) is 5.02 Å². The predicted molar refractivity (Wildman–Crippen MR) is 79.1 cm³/mol. The average Bonchev–Trinajstić information content (AvgIpc) is 2.87. The van der Waals surface area contributed by atoms with E-state index < -0.39 is 0 Å². The topological polar surface area (TPSA) is 38.0 Å². The van der Waals surface area contributed by atoms with Gasteiger partial charge in [-0.05, 0) is 35.6 Å². The number of benzene rings is 1. The zero-order chi connectivity index (χ0) is 13.0. The molecule has 0 saturated carbocycles. The van der Waals surface area contributed by atoms with E-state index in [0.29, 0.717) is 6.54 Å². The summed E-state index contributed by atoms with van der Waals surface area (Å²) in [6, 6.07) is 10.4. The lowest BCUT2D eigenvalue weighted by atomic mass is 10.1. The van der Waals surface area contributed by atoms with Crippen molar-refractivity contribution in [2.75, 3.05) is 6.54 Å². The molecule has 1 aromatic carbocycles. The summed E-state index contributed by atoms with van der Waals surface area (Å²) in [6.45, 7) is 3.40. The smallest absolute Gasteiger partial charge is 0.0447 e. The molecule has 1 aromatic heterocycles. The highest BCUT2D eigenvalue weighted by atomic mass is 35.5. The van der Waals surface area contributed by atoms with Gasteiger partial charge >= 0.3 is 0 Å². The van der Waals surface area contributed by atoms with Gasteiger partial charge in [0.25, 0.3) is 0 Å². The van der Waals surface area contributed by atoms with Gasteiger partial charge in [0.1, 0.15) is 0 Å². The third kappa shape index (κ3) is 3.33. The summed E-state index contributed by atoms with van der Waals surface area (Å²) >= 11 is 7.89. The molecule has 18 heavy (non-hydrogen) atoms. The number of nitrogens with one attached hydrogen (secondary N) is 1. The summed E-state index contributed by atoms with van der Waals surface area (Å²) in [5.74, 6) is 0. The summed E-state index contributed by atoms with van der Waals surface area (Å²) in [7, 11) is 0. The molecule has 0 spiro atoms. The molecule has 1 unspecified atom stereocenters. The van der Waals surface area contributed by atoms with Crippen LogP contribution in [0.1, 0.15) is 22.0 Å². The number of rotatable bonds is 5. The molecular formula is C14H17ClN2S. The van der Waals surface area contributed by atoms with Crippen LogP contribution >= 0.6 is 22.9 Å². The van der Waals surface area contributed by atoms with Gasteiger partial charge < -0.3 is 11.1 Å². The second kappa shape index (κ2) is 6.34. The van der Waals surface area contributed by atoms with Crippen molar-refractivity contribution in [3.63, 3.8) is 0 Å². The molecule has 3 N–H and O–H groups in total. The van der Waals surface area contributed by atoms with E-state index in [2.05, 4.69) is 28.9 Å². The maximum absolute atomic E-state index is 6.15. The number of hydrogen-bond donors (Lipinski definition) is 2. The monoisotopic (exact) mass is 280 g/mol. The highest BCUT2D eigenvalue weighted by Gasteiger charge is 2.10. The van der Waals surface area contributed by atoms with E-state index >= 15 is 0 Å². The van der Waals surface area contributed by atoms with Crippen LogP contribution in [0, 0.1) is 6.92 Å². The quantitative estimate of drug-likeness (QED) is 0.880. The number of hydrogen-bond acceptors (Lipinski definition) is 3. The summed E-state index contributed by atoms with van der Waals surface area (Å²) in [6.07, 6.45) is 0. The fraction of sp³-hybridized carbons (Fsp3) is 0.286. The Kier molecular flexibility index (Phi) is 4.78. The van der Waals surface area contributed by atoms with Crippen LogP contribution < -0.4 is 11.1 Å². The van der Waals surface area contributed by atoms with E-state index in [4.69, 9.17) is 17.3 Å². The molecule has 0 bridgehead atoms. The third-order valence-electron chi connectivity index (χ3n) is 2.94. The number of thiophene rings is 1. The van der Waals surface area contributed by atoms with Crippen LogP contribution in [-0.4, -0.2) is 6.54 Å². The fourth-order valence-corrected chi connectivity index (χ4v) is 2.64. The lowest BCUT2D eigenvalue weighted by Crippen LogP contribution is -2.27. The third-order valence-corrected chi connectivity index (χ3v) is 4.22. The normalized spacial score (nSPS) is 12.6. The number of halogens is 1. The first-order valence-corrected chi connectivity index (χ1v) is 7.18. The van der Waals surface area contributed by atoms with Crippen LogP contribution in [0.25, 0.3) is 0 Å². The molecule has 96 valence electrons. The van der Waals surface area contributed by atoms with Gasteiger partial charge in [0, 0.05) is 29.0 Å². The van der Waals surface area contributed by atoms with E-state index in [1.165, 1.54) is 4.88 Å². The van der Waals surface area contributed by atoms with Gasteiger partial charge in [0.15, 0.2) is 0 Å². The summed E-state index contributed by atoms with van der Waals surface area (Å²) < 4.78 is 0. The summed E-state index contributed by atoms with van der Waals surface area (Å²) in [4.78, 5) is 1.31. The SMILES string of the molecule is Cc1ccc(C(CN)NCc2cccs2)cc1Cl. The molecule has 0 radical (unpaired) electrons. The van der Waals surface area contributed by atoms with Gasteiger partial charge in [0.2, 0.25) is 0 Å². The molecule has 0 aliphatic heterocycles. The van der Waals surface area contributed by atoms with Crippen LogP contribution in [-0.2, 0) is 6.54 Å². The van der Waals surface area contributed by atoms with Crippen molar-refractivity contribution >= 4 is 22.9 Å². The van der Waals surface area contributed by atoms with Gasteiger partial charge in [-0.25, -0.2) is 0 Å². The van der Waals surface area contributed by atoms with Crippen molar-refractivity contribution in [1.82, 2.24) is 5.32 Å². The first-order valence-electron chi connectivity index (χ1n) is 5.92. The second-order valence-corrected chi connectivity index (χ2v) is 5.70. The van der Waals surface area contributed by atoms with Crippen molar-refractivity contribution in [2.45, 2.75) is 19.5 Å². The van der Waals surface area contributed by atoms with Gasteiger partial charge in [-0.3, -0.25) is 0 Å². The minimum absolute atomic E-state index is 0.144. The Hall–Kier alpha value is -0.870. The Morgan fingerprint density at radius 1 is 1.39 bits per heavy atom. The molecule has 0 amide bonds. The Morgan fingerprint density at radius 2 is 2.22 bits per heavy atom. The largest absolute Gasteiger partial charge is 0.329 e. The highest BCUT2D eigenvalue weighted by molar-refractivity contribution is 7.09. The minimum atomic E-state index is 0.144. The van der Waals surface area contributed by atoms with Gasteiger partial charge in [0.05, 0.1) is 0 Å². The van der Waals surface area contributed by atoms with Crippen molar-refractivity contribution in [1.29, 1.82) is 0 Å². The van der Waals surface area contributed by atoms with Crippen molar-refractivity contribution in [3.8, 4) is 0 Å². The molecule has 4 heteroatoms. The standard InChI is InChI=1S/C14H17ClN2S/c1-10-4-5-11(7-13(10)15)14(8-16)17-9-12-3-2-6-18-12/h2-7,14,17H,8-9,16H2,1H3. The lowest BCUT2D eigenvalue weighted by molar-refractivity contribution is 0.545. The van der Waals surface area contributed by atoms with E-state index in [9.17, 15) is 0 Å². The van der Waals surface area contributed by atoms with Crippen LogP contribution in [0.3, 0.4) is 0 Å². The van der Waals surface area contributed by atoms with E-state index in [0.717, 1.165) is 22.7 Å². The molecule has 0 fully saturated rings. The van der Waals surface area contributed by atoms with E-state index in [-0.39, 0.29) is 6.04 Å². The van der Waals surface area contributed by atoms with Crippen molar-refractivity contribution < 1.29 is 0 Å². The van der Waals surface area contributed by atoms with E-state index in [1.54, 1.807) is 11.3 Å². The van der Waals surface area contributed by atoms with Crippen molar-refractivity contribution in [3.05, 3.63) is 56.7 Å². The molecular weight excluding hydrogens is 264 g/mol. The Balaban J connectivity index is 2.05. The Labute approximate surface area is 117 Å². The number of nitrogens with two attached hydrogens (primary N) is 1. The Bertz CT molecular complexity index is 497. The van der Waals surface area contributed by atoms with Gasteiger partial charge in [-0.1, -0.05) is 29.8 Å². The average molecular weight is 281 g/mol. The van der Waals surface area contributed by atoms with Gasteiger partial charge in [-0.15, -0.1) is 11.3 Å². The highest BCUT2D eigenvalue weighted by Crippen LogP contribution is 2.21. The van der Waals surface area contributed by atoms with Crippen molar-refractivity contribution in [2.24, 2.45) is 5.73 Å². The van der Waals surface area contributed by atoms with Gasteiger partial charge in [-0.2, -0.15) is 0 Å². The van der Waals surface area contributed by atoms with Crippen LogP contribution in [0.4, 0.5) is 0 Å². The Morgan fingerprint density at radius 3 is 2.83 bits per heavy atom.